The van der Waals surface area contributed by atoms with Crippen LogP contribution in [0.2, 0.25) is 5.02 Å². The number of benzene rings is 1. The molecule has 2 atom stereocenters. The van der Waals surface area contributed by atoms with Gasteiger partial charge in [0.2, 0.25) is 0 Å². The molecule has 30 heavy (non-hydrogen) atoms. The number of hydrogen-bond acceptors (Lipinski definition) is 4. The number of carbonyl (C=O) groups excluding carboxylic acids is 1. The average Bonchev–Trinajstić information content (AvgIpc) is 2.72. The molecule has 2 saturated heterocycles. The first-order valence-corrected chi connectivity index (χ1v) is 11.1. The zero-order chi connectivity index (χ0) is 22.1. The number of halogens is 1. The third-order valence-corrected chi connectivity index (χ3v) is 7.12. The van der Waals surface area contributed by atoms with Crippen LogP contribution in [-0.2, 0) is 4.74 Å². The van der Waals surface area contributed by atoms with Crippen molar-refractivity contribution in [3.05, 3.63) is 28.8 Å². The van der Waals surface area contributed by atoms with E-state index >= 15 is 0 Å². The molecule has 0 radical (unpaired) electrons. The minimum atomic E-state index is -0.803. The molecule has 2 unspecified atom stereocenters. The first-order valence-electron chi connectivity index (χ1n) is 10.7. The lowest BCUT2D eigenvalue weighted by Crippen LogP contribution is -2.51. The number of likely N-dealkylation sites (tertiary alicyclic amines) is 1. The Morgan fingerprint density at radius 1 is 1.10 bits per heavy atom. The first-order chi connectivity index (χ1) is 14.1. The van der Waals surface area contributed by atoms with Crippen LogP contribution >= 0.6 is 11.6 Å². The van der Waals surface area contributed by atoms with Gasteiger partial charge in [-0.2, -0.15) is 0 Å². The Labute approximate surface area is 184 Å². The van der Waals surface area contributed by atoms with Gasteiger partial charge in [-0.1, -0.05) is 32.4 Å². The van der Waals surface area contributed by atoms with E-state index in [2.05, 4.69) is 25.7 Å². The second-order valence-corrected chi connectivity index (χ2v) is 10.0. The Kier molecular flexibility index (Phi) is 6.85. The molecule has 2 aliphatic heterocycles. The fourth-order valence-electron chi connectivity index (χ4n) is 5.07. The van der Waals surface area contributed by atoms with Gasteiger partial charge in [-0.25, -0.2) is 9.59 Å². The number of hydrogen-bond donors (Lipinski definition) is 1. The summed E-state index contributed by atoms with van der Waals surface area (Å²) >= 11 is 6.39. The van der Waals surface area contributed by atoms with Crippen molar-refractivity contribution in [2.24, 2.45) is 17.3 Å². The number of amides is 1. The van der Waals surface area contributed by atoms with Crippen LogP contribution in [0.5, 0.6) is 0 Å². The van der Waals surface area contributed by atoms with Crippen molar-refractivity contribution >= 4 is 29.4 Å². The quantitative estimate of drug-likeness (QED) is 0.663. The van der Waals surface area contributed by atoms with Crippen LogP contribution in [0.3, 0.4) is 0 Å². The van der Waals surface area contributed by atoms with Gasteiger partial charge in [0.15, 0.2) is 0 Å². The van der Waals surface area contributed by atoms with E-state index in [4.69, 9.17) is 16.3 Å². The molecule has 3 rings (SSSR count). The number of methoxy groups -OCH3 is 1. The van der Waals surface area contributed by atoms with Crippen LogP contribution in [-0.4, -0.2) is 54.9 Å². The minimum absolute atomic E-state index is 0.0773. The molecular weight excluding hydrogens is 404 g/mol. The van der Waals surface area contributed by atoms with Gasteiger partial charge in [-0.05, 0) is 61.1 Å². The lowest BCUT2D eigenvalue weighted by molar-refractivity contribution is 0.0600. The molecule has 1 amide bonds. The van der Waals surface area contributed by atoms with Gasteiger partial charge in [-0.3, -0.25) is 0 Å². The Bertz CT molecular complexity index is 784. The highest BCUT2D eigenvalue weighted by atomic mass is 35.5. The van der Waals surface area contributed by atoms with Crippen LogP contribution in [0.1, 0.15) is 56.8 Å². The van der Waals surface area contributed by atoms with Crippen molar-refractivity contribution in [3.63, 3.8) is 0 Å². The van der Waals surface area contributed by atoms with Gasteiger partial charge in [0.05, 0.1) is 17.7 Å². The summed E-state index contributed by atoms with van der Waals surface area (Å²) in [6.07, 6.45) is 3.27. The Morgan fingerprint density at radius 3 is 2.27 bits per heavy atom. The minimum Gasteiger partial charge on any atom is -0.465 e. The monoisotopic (exact) mass is 436 g/mol. The molecule has 7 heteroatoms. The van der Waals surface area contributed by atoms with Crippen molar-refractivity contribution in [2.75, 3.05) is 31.6 Å². The molecule has 1 aromatic rings. The smallest absolute Gasteiger partial charge is 0.407 e. The topological polar surface area (TPSA) is 70.1 Å². The fraction of sp³-hybridized carbons (Fsp3) is 0.652. The molecule has 6 nitrogen and oxygen atoms in total. The molecule has 2 heterocycles. The normalized spacial score (nSPS) is 23.4. The number of piperidine rings is 2. The Morgan fingerprint density at radius 2 is 1.73 bits per heavy atom. The molecule has 0 aromatic heterocycles. The highest BCUT2D eigenvalue weighted by Crippen LogP contribution is 2.42. The molecule has 0 aliphatic carbocycles. The van der Waals surface area contributed by atoms with Gasteiger partial charge in [0, 0.05) is 31.4 Å². The van der Waals surface area contributed by atoms with Crippen molar-refractivity contribution in [1.29, 1.82) is 0 Å². The third-order valence-electron chi connectivity index (χ3n) is 6.81. The maximum absolute atomic E-state index is 11.9. The SMILES string of the molecule is COC(=O)c1ccc(N2CCC(C3CCN(C(=O)O)CC3)CC2C(C)(C)C)cc1Cl. The van der Waals surface area contributed by atoms with Crippen molar-refractivity contribution < 1.29 is 19.4 Å². The molecule has 1 N–H and O–H groups in total. The summed E-state index contributed by atoms with van der Waals surface area (Å²) in [5.41, 5.74) is 1.50. The van der Waals surface area contributed by atoms with Gasteiger partial charge in [0.25, 0.3) is 0 Å². The lowest BCUT2D eigenvalue weighted by Gasteiger charge is -2.49. The summed E-state index contributed by atoms with van der Waals surface area (Å²) < 4.78 is 4.80. The van der Waals surface area contributed by atoms with E-state index in [1.165, 1.54) is 12.0 Å². The zero-order valence-corrected chi connectivity index (χ0v) is 19.1. The second kappa shape index (κ2) is 9.04. The van der Waals surface area contributed by atoms with Crippen molar-refractivity contribution in [1.82, 2.24) is 4.90 Å². The predicted molar refractivity (Wildman–Crippen MR) is 118 cm³/mol. The summed E-state index contributed by atoms with van der Waals surface area (Å²) in [4.78, 5) is 27.0. The zero-order valence-electron chi connectivity index (χ0n) is 18.4. The summed E-state index contributed by atoms with van der Waals surface area (Å²) in [6, 6.07) is 5.92. The maximum Gasteiger partial charge on any atom is 0.407 e. The molecule has 1 aromatic carbocycles. The number of rotatable bonds is 3. The lowest BCUT2D eigenvalue weighted by atomic mass is 9.71. The van der Waals surface area contributed by atoms with E-state index in [0.717, 1.165) is 37.9 Å². The highest BCUT2D eigenvalue weighted by Gasteiger charge is 2.40. The molecule has 0 bridgehead atoms. The van der Waals surface area contributed by atoms with Gasteiger partial charge < -0.3 is 19.6 Å². The molecule has 0 saturated carbocycles. The fourth-order valence-corrected chi connectivity index (χ4v) is 5.32. The number of nitrogens with zero attached hydrogens (tertiary/aromatic N) is 2. The largest absolute Gasteiger partial charge is 0.465 e. The predicted octanol–water partition coefficient (Wildman–Crippen LogP) is 5.15. The van der Waals surface area contributed by atoms with E-state index < -0.39 is 12.1 Å². The summed E-state index contributed by atoms with van der Waals surface area (Å²) in [5.74, 6) is 0.759. The van der Waals surface area contributed by atoms with Crippen LogP contribution < -0.4 is 4.90 Å². The molecule has 0 spiro atoms. The number of anilines is 1. The van der Waals surface area contributed by atoms with Crippen LogP contribution in [0.15, 0.2) is 18.2 Å². The molecule has 166 valence electrons. The van der Waals surface area contributed by atoms with Crippen molar-refractivity contribution in [2.45, 2.75) is 52.5 Å². The first kappa shape index (κ1) is 22.7. The van der Waals surface area contributed by atoms with Crippen LogP contribution in [0.25, 0.3) is 0 Å². The van der Waals surface area contributed by atoms with E-state index in [9.17, 15) is 14.7 Å². The third kappa shape index (κ3) is 4.85. The molecule has 2 fully saturated rings. The Hall–Kier alpha value is -1.95. The van der Waals surface area contributed by atoms with E-state index in [1.807, 2.05) is 12.1 Å². The van der Waals surface area contributed by atoms with Gasteiger partial charge in [0.1, 0.15) is 0 Å². The average molecular weight is 437 g/mol. The summed E-state index contributed by atoms with van der Waals surface area (Å²) in [7, 11) is 1.36. The van der Waals surface area contributed by atoms with Crippen LogP contribution in [0, 0.1) is 17.3 Å². The van der Waals surface area contributed by atoms with Crippen molar-refractivity contribution in [3.8, 4) is 0 Å². The standard InChI is InChI=1S/C23H33ClN2O4/c1-23(2,3)20-13-16(15-7-10-25(11-8-15)22(28)29)9-12-26(20)17-5-6-18(19(24)14-17)21(27)30-4/h5-6,14-16,20H,7-13H2,1-4H3,(H,28,29). The molecule has 2 aliphatic rings. The number of esters is 1. The summed E-state index contributed by atoms with van der Waals surface area (Å²) in [5, 5.41) is 9.63. The number of carboxylic acid groups (broad SMARTS) is 1. The molecular formula is C23H33ClN2O4. The number of ether oxygens (including phenoxy) is 1. The van der Waals surface area contributed by atoms with Gasteiger partial charge >= 0.3 is 12.1 Å². The number of carbonyl (C=O) groups is 2. The summed E-state index contributed by atoms with van der Waals surface area (Å²) in [6.45, 7) is 9.02. The van der Waals surface area contributed by atoms with Gasteiger partial charge in [-0.15, -0.1) is 0 Å². The van der Waals surface area contributed by atoms with E-state index in [1.54, 1.807) is 6.07 Å². The highest BCUT2D eigenvalue weighted by molar-refractivity contribution is 6.33. The van der Waals surface area contributed by atoms with Crippen LogP contribution in [0.4, 0.5) is 10.5 Å². The van der Waals surface area contributed by atoms with E-state index in [0.29, 0.717) is 41.6 Å². The second-order valence-electron chi connectivity index (χ2n) is 9.62. The maximum atomic E-state index is 11.9. The Balaban J connectivity index is 1.76. The van der Waals surface area contributed by atoms with E-state index in [-0.39, 0.29) is 5.41 Å².